The summed E-state index contributed by atoms with van der Waals surface area (Å²) in [6.07, 6.45) is 48.9. The number of aliphatic hydroxyl groups is 1. The van der Waals surface area contributed by atoms with Gasteiger partial charge in [-0.15, -0.1) is 0 Å². The summed E-state index contributed by atoms with van der Waals surface area (Å²) in [4.78, 5) is 72.7. The topological polar surface area (TPSA) is 237 Å². The van der Waals surface area contributed by atoms with E-state index in [1.54, 1.807) is 0 Å². The van der Waals surface area contributed by atoms with Crippen molar-refractivity contribution in [2.75, 3.05) is 39.6 Å². The highest BCUT2D eigenvalue weighted by molar-refractivity contribution is 7.47. The van der Waals surface area contributed by atoms with E-state index in [4.69, 9.17) is 37.0 Å². The lowest BCUT2D eigenvalue weighted by atomic mass is 10.00. The molecule has 0 aromatic rings. The first kappa shape index (κ1) is 92.1. The van der Waals surface area contributed by atoms with Gasteiger partial charge in [-0.3, -0.25) is 37.3 Å². The number of rotatable bonds is 72. The Labute approximate surface area is 575 Å². The molecule has 0 spiro atoms. The molecule has 0 aromatic heterocycles. The predicted molar refractivity (Wildman–Crippen MR) is 381 cm³/mol. The van der Waals surface area contributed by atoms with Crippen LogP contribution in [0.3, 0.4) is 0 Å². The Kier molecular flexibility index (Phi) is 63.1. The molecule has 0 aliphatic heterocycles. The second-order valence-corrected chi connectivity index (χ2v) is 31.6. The van der Waals surface area contributed by atoms with Crippen LogP contribution >= 0.6 is 15.6 Å². The monoisotopic (exact) mass is 1380 g/mol. The van der Waals surface area contributed by atoms with Crippen LogP contribution < -0.4 is 0 Å². The van der Waals surface area contributed by atoms with Gasteiger partial charge in [0.2, 0.25) is 0 Å². The lowest BCUT2D eigenvalue weighted by molar-refractivity contribution is -0.161. The minimum Gasteiger partial charge on any atom is -0.462 e. The van der Waals surface area contributed by atoms with Gasteiger partial charge in [0.1, 0.15) is 19.3 Å². The van der Waals surface area contributed by atoms with E-state index < -0.39 is 97.5 Å². The summed E-state index contributed by atoms with van der Waals surface area (Å²) in [6, 6.07) is 0. The van der Waals surface area contributed by atoms with Crippen molar-refractivity contribution in [1.29, 1.82) is 0 Å². The maximum absolute atomic E-state index is 13.0. The zero-order valence-electron chi connectivity index (χ0n) is 61.6. The number of aliphatic hydroxyl groups excluding tert-OH is 1. The molecule has 0 aliphatic rings. The molecule has 0 amide bonds. The molecular formula is C75H146O17P2. The molecule has 0 radical (unpaired) electrons. The lowest BCUT2D eigenvalue weighted by Crippen LogP contribution is -2.30. The van der Waals surface area contributed by atoms with Gasteiger partial charge in [0.05, 0.1) is 26.4 Å². The molecule has 0 rings (SSSR count). The first-order valence-corrected chi connectivity index (χ1v) is 41.7. The minimum absolute atomic E-state index is 0.102. The highest BCUT2D eigenvalue weighted by Gasteiger charge is 2.30. The van der Waals surface area contributed by atoms with E-state index in [9.17, 15) is 43.2 Å². The zero-order chi connectivity index (χ0) is 69.6. The van der Waals surface area contributed by atoms with Crippen LogP contribution in [0.4, 0.5) is 0 Å². The van der Waals surface area contributed by atoms with Crippen molar-refractivity contribution in [3.05, 3.63) is 0 Å². The highest BCUT2D eigenvalue weighted by Crippen LogP contribution is 2.45. The standard InChI is InChI=1S/C75H146O17P2/c1-9-68(8)54-46-38-32-34-40-48-56-73(78)86-62-70(91-74(79)57-49-41-30-26-22-18-12-10-11-15-19-23-27-35-43-51-65(2)3)63-89-93(81,82)87-59-69(76)60-88-94(83,84)90-64-71(92-75(80)58-50-42-33-31-37-45-53-67(6)7)61-85-72(77)55-47-39-29-25-21-17-14-13-16-20-24-28-36-44-52-66(4)5/h65-71,76H,9-64H2,1-8H3,(H,81,82)(H,83,84)/t68?,69-,70+,71+/m0/s1. The Bertz CT molecular complexity index is 1850. The molecule has 0 aromatic carbocycles. The molecule has 19 heteroatoms. The highest BCUT2D eigenvalue weighted by atomic mass is 31.2. The number of ether oxygens (including phenoxy) is 4. The molecule has 0 fully saturated rings. The van der Waals surface area contributed by atoms with Crippen molar-refractivity contribution in [2.45, 2.75) is 395 Å². The first-order chi connectivity index (χ1) is 45.1. The van der Waals surface area contributed by atoms with Crippen LogP contribution in [-0.2, 0) is 65.4 Å². The second-order valence-electron chi connectivity index (χ2n) is 28.7. The van der Waals surface area contributed by atoms with Crippen molar-refractivity contribution in [3.63, 3.8) is 0 Å². The maximum Gasteiger partial charge on any atom is 0.472 e. The maximum atomic E-state index is 13.0. The third-order valence-corrected chi connectivity index (χ3v) is 19.6. The number of phosphoric acid groups is 2. The van der Waals surface area contributed by atoms with Gasteiger partial charge in [-0.1, -0.05) is 325 Å². The number of carbonyl (C=O) groups excluding carboxylic acids is 4. The summed E-state index contributed by atoms with van der Waals surface area (Å²) in [5.74, 6) is 0.874. The Hall–Kier alpha value is -1.94. The van der Waals surface area contributed by atoms with Gasteiger partial charge < -0.3 is 33.8 Å². The number of carbonyl (C=O) groups is 4. The third-order valence-electron chi connectivity index (χ3n) is 17.7. The van der Waals surface area contributed by atoms with Crippen LogP contribution in [0.2, 0.25) is 0 Å². The Morgan fingerprint density at radius 3 is 0.755 bits per heavy atom. The number of hydrogen-bond donors (Lipinski definition) is 3. The Morgan fingerprint density at radius 1 is 0.298 bits per heavy atom. The van der Waals surface area contributed by atoms with Gasteiger partial charge in [0.25, 0.3) is 0 Å². The SMILES string of the molecule is CCC(C)CCCCCCCCC(=O)OC[C@H](COP(=O)(O)OC[C@H](O)COP(=O)(O)OC[C@@H](COC(=O)CCCCCCCCCCCCCCCCC(C)C)OC(=O)CCCCCCCCC(C)C)OC(=O)CCCCCCCCCCCCCCCCCC(C)C. The van der Waals surface area contributed by atoms with Gasteiger partial charge in [0.15, 0.2) is 12.2 Å². The average Bonchev–Trinajstić information content (AvgIpc) is 1.15. The van der Waals surface area contributed by atoms with Crippen molar-refractivity contribution in [2.24, 2.45) is 23.7 Å². The third kappa shape index (κ3) is 67.3. The molecular weight excluding hydrogens is 1230 g/mol. The molecule has 6 atom stereocenters. The molecule has 0 saturated carbocycles. The first-order valence-electron chi connectivity index (χ1n) is 38.7. The van der Waals surface area contributed by atoms with Crippen LogP contribution in [0.1, 0.15) is 376 Å². The molecule has 0 bridgehead atoms. The summed E-state index contributed by atoms with van der Waals surface area (Å²) >= 11 is 0. The van der Waals surface area contributed by atoms with E-state index in [-0.39, 0.29) is 25.7 Å². The largest absolute Gasteiger partial charge is 0.472 e. The lowest BCUT2D eigenvalue weighted by Gasteiger charge is -2.21. The number of unbranched alkanes of at least 4 members (excludes halogenated alkanes) is 37. The van der Waals surface area contributed by atoms with Crippen LogP contribution in [-0.4, -0.2) is 96.7 Å². The molecule has 94 heavy (non-hydrogen) atoms. The number of esters is 4. The summed E-state index contributed by atoms with van der Waals surface area (Å²) in [7, 11) is -9.91. The normalized spacial score (nSPS) is 14.4. The molecule has 0 heterocycles. The smallest absolute Gasteiger partial charge is 0.462 e. The van der Waals surface area contributed by atoms with Crippen LogP contribution in [0.25, 0.3) is 0 Å². The van der Waals surface area contributed by atoms with E-state index in [1.165, 1.54) is 173 Å². The fourth-order valence-electron chi connectivity index (χ4n) is 11.3. The van der Waals surface area contributed by atoms with Crippen LogP contribution in [0.5, 0.6) is 0 Å². The van der Waals surface area contributed by atoms with Crippen molar-refractivity contribution in [1.82, 2.24) is 0 Å². The fraction of sp³-hybridized carbons (Fsp3) is 0.947. The zero-order valence-corrected chi connectivity index (χ0v) is 63.4. The van der Waals surface area contributed by atoms with E-state index in [0.717, 1.165) is 114 Å². The van der Waals surface area contributed by atoms with Crippen LogP contribution in [0, 0.1) is 23.7 Å². The van der Waals surface area contributed by atoms with Gasteiger partial charge in [0, 0.05) is 25.7 Å². The molecule has 558 valence electrons. The van der Waals surface area contributed by atoms with Gasteiger partial charge in [-0.25, -0.2) is 9.13 Å². The Morgan fingerprint density at radius 2 is 0.511 bits per heavy atom. The fourth-order valence-corrected chi connectivity index (χ4v) is 12.9. The summed E-state index contributed by atoms with van der Waals surface area (Å²) < 4.78 is 68.4. The molecule has 0 aliphatic carbocycles. The van der Waals surface area contributed by atoms with Gasteiger partial charge >= 0.3 is 39.5 Å². The summed E-state index contributed by atoms with van der Waals surface area (Å²) in [6.45, 7) is 14.1. The van der Waals surface area contributed by atoms with E-state index >= 15 is 0 Å². The van der Waals surface area contributed by atoms with Gasteiger partial charge in [-0.2, -0.15) is 0 Å². The Balaban J connectivity index is 5.17. The van der Waals surface area contributed by atoms with Crippen molar-refractivity contribution in [3.8, 4) is 0 Å². The quantitative estimate of drug-likeness (QED) is 0.0222. The summed E-state index contributed by atoms with van der Waals surface area (Å²) in [5, 5.41) is 10.6. The second kappa shape index (κ2) is 64.4. The molecule has 3 N–H and O–H groups in total. The van der Waals surface area contributed by atoms with Gasteiger partial charge in [-0.05, 0) is 49.4 Å². The molecule has 3 unspecified atom stereocenters. The van der Waals surface area contributed by atoms with Crippen molar-refractivity contribution < 1.29 is 80.2 Å². The average molecular weight is 1380 g/mol. The number of phosphoric ester groups is 2. The van der Waals surface area contributed by atoms with E-state index in [2.05, 4.69) is 55.4 Å². The predicted octanol–water partition coefficient (Wildman–Crippen LogP) is 21.7. The van der Waals surface area contributed by atoms with Crippen LogP contribution in [0.15, 0.2) is 0 Å². The van der Waals surface area contributed by atoms with E-state index in [0.29, 0.717) is 31.6 Å². The summed E-state index contributed by atoms with van der Waals surface area (Å²) in [5.41, 5.74) is 0. The van der Waals surface area contributed by atoms with Crippen molar-refractivity contribution >= 4 is 39.5 Å². The van der Waals surface area contributed by atoms with E-state index in [1.807, 2.05) is 0 Å². The molecule has 0 saturated heterocycles. The molecule has 17 nitrogen and oxygen atoms in total. The minimum atomic E-state index is -4.96. The number of hydrogen-bond acceptors (Lipinski definition) is 15.